The molecule has 0 aliphatic carbocycles. The van der Waals surface area contributed by atoms with E-state index in [0.29, 0.717) is 18.7 Å². The van der Waals surface area contributed by atoms with Crippen molar-refractivity contribution in [1.29, 1.82) is 0 Å². The minimum Gasteiger partial charge on any atom is -0.306 e. The van der Waals surface area contributed by atoms with Crippen molar-refractivity contribution in [1.82, 2.24) is 28.5 Å². The zero-order valence-corrected chi connectivity index (χ0v) is 22.4. The lowest BCUT2D eigenvalue weighted by molar-refractivity contribution is -0.821. The molecule has 0 saturated carbocycles. The van der Waals surface area contributed by atoms with Gasteiger partial charge in [0.2, 0.25) is 0 Å². The van der Waals surface area contributed by atoms with E-state index in [1.807, 2.05) is 56.9 Å². The molecular formula is C28H36N7O+. The van der Waals surface area contributed by atoms with Crippen LogP contribution in [0.5, 0.6) is 0 Å². The van der Waals surface area contributed by atoms with Gasteiger partial charge in [0.25, 0.3) is 0 Å². The predicted octanol–water partition coefficient (Wildman–Crippen LogP) is 4.85. The minimum atomic E-state index is -0.000974. The van der Waals surface area contributed by atoms with Gasteiger partial charge in [-0.15, -0.1) is 0 Å². The van der Waals surface area contributed by atoms with Gasteiger partial charge in [-0.1, -0.05) is 26.8 Å². The van der Waals surface area contributed by atoms with E-state index in [-0.39, 0.29) is 10.4 Å². The SMILES string of the molecule is CC.CCc1c(C)ccc2nc(Cn3cc(C(=O)[N+](C)(C)Cc4ncn5ccc(C)cc45)cn3)cn12. The second-order valence-corrected chi connectivity index (χ2v) is 9.54. The average molecular weight is 487 g/mol. The van der Waals surface area contributed by atoms with E-state index in [1.165, 1.54) is 16.8 Å². The van der Waals surface area contributed by atoms with E-state index in [2.05, 4.69) is 53.6 Å². The van der Waals surface area contributed by atoms with Crippen molar-refractivity contribution >= 4 is 17.1 Å². The highest BCUT2D eigenvalue weighted by Crippen LogP contribution is 2.19. The molecule has 0 spiro atoms. The number of amides is 1. The van der Waals surface area contributed by atoms with E-state index >= 15 is 0 Å². The number of carbonyl (C=O) groups excluding carboxylic acids is 1. The number of carbonyl (C=O) groups is 1. The maximum absolute atomic E-state index is 13.4. The number of rotatable bonds is 6. The minimum absolute atomic E-state index is 0.000974. The summed E-state index contributed by atoms with van der Waals surface area (Å²) in [6.07, 6.45) is 10.3. The van der Waals surface area contributed by atoms with Crippen LogP contribution in [0.3, 0.4) is 0 Å². The first-order chi connectivity index (χ1) is 17.2. The fourth-order valence-electron chi connectivity index (χ4n) is 4.58. The smallest absolute Gasteiger partial charge is 0.306 e. The Labute approximate surface area is 212 Å². The summed E-state index contributed by atoms with van der Waals surface area (Å²) in [6, 6.07) is 8.30. The average Bonchev–Trinajstić information content (AvgIpc) is 3.59. The topological polar surface area (TPSA) is 69.5 Å². The molecule has 8 heteroatoms. The van der Waals surface area contributed by atoms with Crippen molar-refractivity contribution in [3.05, 3.63) is 89.2 Å². The number of nitrogens with zero attached hydrogens (tertiary/aromatic N) is 7. The number of hydrogen-bond acceptors (Lipinski definition) is 4. The first-order valence-electron chi connectivity index (χ1n) is 12.5. The summed E-state index contributed by atoms with van der Waals surface area (Å²) in [7, 11) is 3.83. The van der Waals surface area contributed by atoms with Gasteiger partial charge >= 0.3 is 5.91 Å². The van der Waals surface area contributed by atoms with Crippen molar-refractivity contribution in [3.63, 3.8) is 0 Å². The Morgan fingerprint density at radius 2 is 1.86 bits per heavy atom. The molecule has 1 amide bonds. The Morgan fingerprint density at radius 1 is 1.08 bits per heavy atom. The summed E-state index contributed by atoms with van der Waals surface area (Å²) < 4.78 is 6.07. The molecule has 5 aromatic heterocycles. The van der Waals surface area contributed by atoms with Crippen LogP contribution in [0.2, 0.25) is 0 Å². The second kappa shape index (κ2) is 10.1. The van der Waals surface area contributed by atoms with Crippen LogP contribution >= 0.6 is 0 Å². The Bertz CT molecular complexity index is 1520. The van der Waals surface area contributed by atoms with Gasteiger partial charge in [-0.25, -0.2) is 14.8 Å². The van der Waals surface area contributed by atoms with Gasteiger partial charge < -0.3 is 8.80 Å². The number of quaternary nitrogens is 1. The Kier molecular flexibility index (Phi) is 7.08. The van der Waals surface area contributed by atoms with Crippen LogP contribution in [-0.4, -0.2) is 53.0 Å². The lowest BCUT2D eigenvalue weighted by Crippen LogP contribution is -2.44. The molecule has 0 aliphatic heterocycles. The number of fused-ring (bicyclic) bond motifs is 2. The Balaban J connectivity index is 0.00000148. The van der Waals surface area contributed by atoms with Crippen LogP contribution in [0.1, 0.15) is 59.3 Å². The third kappa shape index (κ3) is 4.81. The van der Waals surface area contributed by atoms with Crippen LogP contribution in [0.15, 0.2) is 55.4 Å². The molecule has 0 saturated heterocycles. The van der Waals surface area contributed by atoms with Crippen molar-refractivity contribution in [3.8, 4) is 0 Å². The molecule has 0 atom stereocenters. The number of pyridine rings is 2. The van der Waals surface area contributed by atoms with Gasteiger partial charge in [0.15, 0.2) is 0 Å². The standard InChI is InChI=1S/C26H30N7O.C2H6/c1-6-23-19(3)7-8-25-29-21(15-32(23)25)14-31-13-20(12-28-31)26(34)33(4,5)16-22-24-11-18(2)9-10-30(24)17-27-22;1-2/h7-13,15,17H,6,14,16H2,1-5H3;1-2H3/q+1;. The molecule has 188 valence electrons. The quantitative estimate of drug-likeness (QED) is 0.322. The third-order valence-electron chi connectivity index (χ3n) is 6.42. The summed E-state index contributed by atoms with van der Waals surface area (Å²) >= 11 is 0. The maximum atomic E-state index is 13.4. The second-order valence-electron chi connectivity index (χ2n) is 9.54. The summed E-state index contributed by atoms with van der Waals surface area (Å²) in [5.41, 5.74) is 8.04. The van der Waals surface area contributed by atoms with Crippen molar-refractivity contribution in [2.45, 2.75) is 54.1 Å². The van der Waals surface area contributed by atoms with Gasteiger partial charge in [-0.3, -0.25) is 9.16 Å². The van der Waals surface area contributed by atoms with E-state index in [1.54, 1.807) is 17.2 Å². The van der Waals surface area contributed by atoms with Crippen molar-refractivity contribution < 1.29 is 9.28 Å². The largest absolute Gasteiger partial charge is 0.349 e. The monoisotopic (exact) mass is 486 g/mol. The summed E-state index contributed by atoms with van der Waals surface area (Å²) in [5.74, 6) is -0.000974. The van der Waals surface area contributed by atoms with Gasteiger partial charge in [-0.2, -0.15) is 5.10 Å². The van der Waals surface area contributed by atoms with Crippen LogP contribution in [0, 0.1) is 13.8 Å². The summed E-state index contributed by atoms with van der Waals surface area (Å²) in [6.45, 7) is 11.3. The summed E-state index contributed by atoms with van der Waals surface area (Å²) in [4.78, 5) is 22.7. The molecule has 5 aromatic rings. The molecule has 0 fully saturated rings. The Morgan fingerprint density at radius 3 is 2.61 bits per heavy atom. The number of hydrogen-bond donors (Lipinski definition) is 0. The molecule has 0 bridgehead atoms. The highest BCUT2D eigenvalue weighted by Gasteiger charge is 2.31. The van der Waals surface area contributed by atoms with Gasteiger partial charge in [0, 0.05) is 24.3 Å². The highest BCUT2D eigenvalue weighted by molar-refractivity contribution is 5.88. The van der Waals surface area contributed by atoms with Crippen molar-refractivity contribution in [2.75, 3.05) is 14.1 Å². The first kappa shape index (κ1) is 25.3. The molecule has 0 aliphatic rings. The van der Waals surface area contributed by atoms with E-state index in [9.17, 15) is 4.79 Å². The van der Waals surface area contributed by atoms with Crippen LogP contribution in [0.4, 0.5) is 0 Å². The van der Waals surface area contributed by atoms with Gasteiger partial charge in [0.05, 0.1) is 44.4 Å². The van der Waals surface area contributed by atoms with E-state index in [0.717, 1.165) is 29.0 Å². The van der Waals surface area contributed by atoms with E-state index in [4.69, 9.17) is 4.98 Å². The molecule has 0 N–H and O–H groups in total. The fraction of sp³-hybridized carbons (Fsp3) is 0.357. The molecule has 5 rings (SSSR count). The molecule has 5 heterocycles. The summed E-state index contributed by atoms with van der Waals surface area (Å²) in [5, 5.41) is 4.45. The predicted molar refractivity (Wildman–Crippen MR) is 142 cm³/mol. The lowest BCUT2D eigenvalue weighted by Gasteiger charge is -2.25. The fourth-order valence-corrected chi connectivity index (χ4v) is 4.58. The van der Waals surface area contributed by atoms with Gasteiger partial charge in [-0.05, 0) is 49.6 Å². The third-order valence-corrected chi connectivity index (χ3v) is 6.42. The number of aryl methyl sites for hydroxylation is 3. The van der Waals surface area contributed by atoms with Gasteiger partial charge in [0.1, 0.15) is 23.4 Å². The van der Waals surface area contributed by atoms with Crippen LogP contribution in [-0.2, 0) is 19.5 Å². The molecule has 0 aromatic carbocycles. The molecule has 36 heavy (non-hydrogen) atoms. The molecular weight excluding hydrogens is 450 g/mol. The normalized spacial score (nSPS) is 11.6. The molecule has 8 nitrogen and oxygen atoms in total. The zero-order valence-electron chi connectivity index (χ0n) is 22.4. The van der Waals surface area contributed by atoms with Crippen LogP contribution in [0.25, 0.3) is 11.2 Å². The number of aromatic nitrogens is 6. The molecule has 0 radical (unpaired) electrons. The first-order valence-corrected chi connectivity index (χ1v) is 12.5. The van der Waals surface area contributed by atoms with Crippen molar-refractivity contribution in [2.24, 2.45) is 0 Å². The number of imidazole rings is 2. The highest BCUT2D eigenvalue weighted by atomic mass is 16.2. The lowest BCUT2D eigenvalue weighted by atomic mass is 10.2. The zero-order chi connectivity index (χ0) is 26.0. The Hall–Kier alpha value is -3.78. The van der Waals surface area contributed by atoms with Crippen LogP contribution < -0.4 is 0 Å². The van der Waals surface area contributed by atoms with E-state index < -0.39 is 0 Å². The molecule has 0 unspecified atom stereocenters. The maximum Gasteiger partial charge on any atom is 0.349 e.